The second-order valence-corrected chi connectivity index (χ2v) is 5.82. The number of rotatable bonds is 7. The van der Waals surface area contributed by atoms with E-state index < -0.39 is 0 Å². The lowest BCUT2D eigenvalue weighted by molar-refractivity contribution is 0.280. The van der Waals surface area contributed by atoms with Gasteiger partial charge in [0.2, 0.25) is 0 Å². The molecule has 1 rings (SSSR count). The summed E-state index contributed by atoms with van der Waals surface area (Å²) in [7, 11) is 0. The number of allylic oxidation sites excluding steroid dienone is 5. The molecule has 0 bridgehead atoms. The molecule has 23 heavy (non-hydrogen) atoms. The van der Waals surface area contributed by atoms with Crippen LogP contribution in [0.4, 0.5) is 0 Å². The molecule has 0 aliphatic heterocycles. The molecular formula is C21H29NO. The van der Waals surface area contributed by atoms with E-state index in [1.807, 2.05) is 13.8 Å². The standard InChI is InChI=1S/C21H29NO/c1-7-18(17(6)22-15(3)4)10-9-16(5)20-12-11-19(8-2)21(13-20)14-23/h9-13,23H,3,7-8,14H2,1-2,4-6H3/b16-9+,18-10+,22-17?. The van der Waals surface area contributed by atoms with Crippen LogP contribution < -0.4 is 0 Å². The number of hydrogen-bond acceptors (Lipinski definition) is 2. The Morgan fingerprint density at radius 2 is 1.83 bits per heavy atom. The van der Waals surface area contributed by atoms with Gasteiger partial charge in [0.25, 0.3) is 0 Å². The van der Waals surface area contributed by atoms with Crippen LogP contribution in [0.5, 0.6) is 0 Å². The molecule has 0 saturated carbocycles. The first-order chi connectivity index (χ1) is 10.9. The molecular weight excluding hydrogens is 282 g/mol. The first-order valence-electron chi connectivity index (χ1n) is 8.24. The molecule has 0 fully saturated rings. The van der Waals surface area contributed by atoms with Crippen LogP contribution in [-0.2, 0) is 13.0 Å². The van der Waals surface area contributed by atoms with Gasteiger partial charge in [-0.2, -0.15) is 0 Å². The van der Waals surface area contributed by atoms with Crippen LogP contribution in [0, 0.1) is 0 Å². The quantitative estimate of drug-likeness (QED) is 0.525. The largest absolute Gasteiger partial charge is 0.392 e. The normalized spacial score (nSPS) is 13.4. The molecule has 0 heterocycles. The minimum Gasteiger partial charge on any atom is -0.392 e. The summed E-state index contributed by atoms with van der Waals surface area (Å²) >= 11 is 0. The first-order valence-corrected chi connectivity index (χ1v) is 8.24. The van der Waals surface area contributed by atoms with E-state index >= 15 is 0 Å². The average molecular weight is 311 g/mol. The summed E-state index contributed by atoms with van der Waals surface area (Å²) in [5.74, 6) is 0. The first kappa shape index (κ1) is 19.1. The van der Waals surface area contributed by atoms with Crippen molar-refractivity contribution < 1.29 is 5.11 Å². The van der Waals surface area contributed by atoms with Gasteiger partial charge in [-0.3, -0.25) is 4.99 Å². The van der Waals surface area contributed by atoms with E-state index in [9.17, 15) is 5.11 Å². The SMILES string of the molecule is C=C(C)N=C(C)/C(=C/C=C(\C)c1ccc(CC)c(CO)c1)CC. The Morgan fingerprint density at radius 3 is 2.35 bits per heavy atom. The Hall–Kier alpha value is -1.93. The van der Waals surface area contributed by atoms with Crippen molar-refractivity contribution in [3.05, 3.63) is 64.9 Å². The number of aliphatic hydroxyl groups excluding tert-OH is 1. The van der Waals surface area contributed by atoms with Crippen molar-refractivity contribution in [1.82, 2.24) is 0 Å². The highest BCUT2D eigenvalue weighted by Crippen LogP contribution is 2.20. The lowest BCUT2D eigenvalue weighted by atomic mass is 9.98. The molecule has 1 N–H and O–H groups in total. The molecule has 0 amide bonds. The van der Waals surface area contributed by atoms with E-state index in [-0.39, 0.29) is 6.61 Å². The predicted molar refractivity (Wildman–Crippen MR) is 102 cm³/mol. The van der Waals surface area contributed by atoms with Crippen molar-refractivity contribution in [2.75, 3.05) is 0 Å². The van der Waals surface area contributed by atoms with Crippen LogP contribution in [0.3, 0.4) is 0 Å². The van der Waals surface area contributed by atoms with Gasteiger partial charge < -0.3 is 5.11 Å². The lowest BCUT2D eigenvalue weighted by Crippen LogP contribution is -1.96. The highest BCUT2D eigenvalue weighted by Gasteiger charge is 2.03. The van der Waals surface area contributed by atoms with Crippen molar-refractivity contribution in [1.29, 1.82) is 0 Å². The number of nitrogens with zero attached hydrogens (tertiary/aromatic N) is 1. The summed E-state index contributed by atoms with van der Waals surface area (Å²) in [5, 5.41) is 9.51. The van der Waals surface area contributed by atoms with Crippen LogP contribution >= 0.6 is 0 Å². The number of aryl methyl sites for hydroxylation is 1. The van der Waals surface area contributed by atoms with Crippen LogP contribution in [0.2, 0.25) is 0 Å². The third-order valence-corrected chi connectivity index (χ3v) is 3.95. The van der Waals surface area contributed by atoms with Gasteiger partial charge in [-0.05, 0) is 67.5 Å². The molecule has 2 heteroatoms. The summed E-state index contributed by atoms with van der Waals surface area (Å²) in [6.07, 6.45) is 6.13. The van der Waals surface area contributed by atoms with Crippen LogP contribution in [-0.4, -0.2) is 10.8 Å². The predicted octanol–water partition coefficient (Wildman–Crippen LogP) is 5.48. The van der Waals surface area contributed by atoms with Crippen molar-refractivity contribution in [3.63, 3.8) is 0 Å². The van der Waals surface area contributed by atoms with E-state index in [1.165, 1.54) is 16.7 Å². The Balaban J connectivity index is 3.12. The maximum Gasteiger partial charge on any atom is 0.0684 e. The summed E-state index contributed by atoms with van der Waals surface area (Å²) < 4.78 is 0. The molecule has 1 aromatic carbocycles. The van der Waals surface area contributed by atoms with Crippen molar-refractivity contribution in [2.45, 2.75) is 54.1 Å². The minimum absolute atomic E-state index is 0.0880. The third kappa shape index (κ3) is 5.65. The Bertz CT molecular complexity index is 648. The van der Waals surface area contributed by atoms with Gasteiger partial charge in [0, 0.05) is 11.4 Å². The summed E-state index contributed by atoms with van der Waals surface area (Å²) in [4.78, 5) is 4.44. The van der Waals surface area contributed by atoms with Crippen LogP contribution in [0.25, 0.3) is 5.57 Å². The molecule has 124 valence electrons. The van der Waals surface area contributed by atoms with E-state index in [4.69, 9.17) is 0 Å². The summed E-state index contributed by atoms with van der Waals surface area (Å²) in [5.41, 5.74) is 7.59. The molecule has 0 atom stereocenters. The average Bonchev–Trinajstić information content (AvgIpc) is 2.53. The fraction of sp³-hybridized carbons (Fsp3) is 0.381. The molecule has 0 aliphatic rings. The van der Waals surface area contributed by atoms with E-state index in [1.54, 1.807) is 0 Å². The zero-order chi connectivity index (χ0) is 17.4. The molecule has 0 radical (unpaired) electrons. The smallest absolute Gasteiger partial charge is 0.0684 e. The monoisotopic (exact) mass is 311 g/mol. The fourth-order valence-electron chi connectivity index (χ4n) is 2.54. The van der Waals surface area contributed by atoms with E-state index in [0.29, 0.717) is 0 Å². The molecule has 0 aromatic heterocycles. The minimum atomic E-state index is 0.0880. The highest BCUT2D eigenvalue weighted by molar-refractivity contribution is 5.99. The summed E-state index contributed by atoms with van der Waals surface area (Å²) in [6.45, 7) is 14.2. The van der Waals surface area contributed by atoms with Gasteiger partial charge in [0.15, 0.2) is 0 Å². The molecule has 0 spiro atoms. The van der Waals surface area contributed by atoms with Crippen molar-refractivity contribution >= 4 is 11.3 Å². The summed E-state index contributed by atoms with van der Waals surface area (Å²) in [6, 6.07) is 6.31. The van der Waals surface area contributed by atoms with E-state index in [2.05, 4.69) is 62.7 Å². The maximum atomic E-state index is 9.51. The number of aliphatic imine (C=N–C) groups is 1. The second kappa shape index (κ2) is 9.26. The molecule has 0 aliphatic carbocycles. The number of hydrogen-bond donors (Lipinski definition) is 1. The fourth-order valence-corrected chi connectivity index (χ4v) is 2.54. The van der Waals surface area contributed by atoms with Crippen molar-refractivity contribution in [3.8, 4) is 0 Å². The molecule has 2 nitrogen and oxygen atoms in total. The molecule has 0 saturated heterocycles. The highest BCUT2D eigenvalue weighted by atomic mass is 16.3. The number of aliphatic hydroxyl groups is 1. The molecule has 0 unspecified atom stereocenters. The Morgan fingerprint density at radius 1 is 1.13 bits per heavy atom. The second-order valence-electron chi connectivity index (χ2n) is 5.82. The maximum absolute atomic E-state index is 9.51. The van der Waals surface area contributed by atoms with Gasteiger partial charge in [-0.25, -0.2) is 0 Å². The lowest BCUT2D eigenvalue weighted by Gasteiger charge is -2.09. The topological polar surface area (TPSA) is 32.6 Å². The zero-order valence-electron chi connectivity index (χ0n) is 15.1. The van der Waals surface area contributed by atoms with Gasteiger partial charge in [-0.15, -0.1) is 0 Å². The van der Waals surface area contributed by atoms with Gasteiger partial charge >= 0.3 is 0 Å². The van der Waals surface area contributed by atoms with Gasteiger partial charge in [0.1, 0.15) is 0 Å². The molecule has 1 aromatic rings. The van der Waals surface area contributed by atoms with E-state index in [0.717, 1.165) is 35.4 Å². The van der Waals surface area contributed by atoms with Crippen LogP contribution in [0.1, 0.15) is 57.7 Å². The van der Waals surface area contributed by atoms with Gasteiger partial charge in [-0.1, -0.05) is 44.7 Å². The zero-order valence-corrected chi connectivity index (χ0v) is 15.1. The Kier molecular flexibility index (Phi) is 7.70. The van der Waals surface area contributed by atoms with Gasteiger partial charge in [0.05, 0.1) is 6.61 Å². The van der Waals surface area contributed by atoms with Crippen molar-refractivity contribution in [2.24, 2.45) is 4.99 Å². The third-order valence-electron chi connectivity index (χ3n) is 3.95. The Labute approximate surface area is 141 Å². The van der Waals surface area contributed by atoms with Crippen LogP contribution in [0.15, 0.2) is 53.2 Å². The number of benzene rings is 1.